The largest absolute Gasteiger partial charge is 0.368 e. The Morgan fingerprint density at radius 2 is 2.05 bits per heavy atom. The van der Waals surface area contributed by atoms with Gasteiger partial charge in [-0.05, 0) is 50.5 Å². The van der Waals surface area contributed by atoms with Gasteiger partial charge in [-0.25, -0.2) is 0 Å². The third-order valence-electron chi connectivity index (χ3n) is 5.45. The molecular formula is C15H25N7. The van der Waals surface area contributed by atoms with Crippen LogP contribution in [0.4, 0.5) is 17.8 Å². The zero-order valence-electron chi connectivity index (χ0n) is 13.2. The monoisotopic (exact) mass is 303 g/mol. The molecule has 22 heavy (non-hydrogen) atoms. The molecule has 1 saturated heterocycles. The van der Waals surface area contributed by atoms with Gasteiger partial charge in [-0.2, -0.15) is 15.0 Å². The summed E-state index contributed by atoms with van der Waals surface area (Å²) in [5, 5.41) is 6.72. The summed E-state index contributed by atoms with van der Waals surface area (Å²) in [7, 11) is 2.00. The molecule has 0 spiro atoms. The van der Waals surface area contributed by atoms with Gasteiger partial charge in [0.2, 0.25) is 17.8 Å². The van der Waals surface area contributed by atoms with E-state index < -0.39 is 0 Å². The van der Waals surface area contributed by atoms with Crippen molar-refractivity contribution < 1.29 is 0 Å². The Hall–Kier alpha value is -1.63. The Balaban J connectivity index is 1.44. The first-order valence-electron chi connectivity index (χ1n) is 8.36. The summed E-state index contributed by atoms with van der Waals surface area (Å²) in [6.07, 6.45) is 6.58. The van der Waals surface area contributed by atoms with Crippen molar-refractivity contribution in [1.82, 2.24) is 20.3 Å². The fraction of sp³-hybridized carbons (Fsp3) is 0.800. The van der Waals surface area contributed by atoms with Gasteiger partial charge in [0, 0.05) is 25.7 Å². The molecular weight excluding hydrogens is 278 g/mol. The molecule has 0 bridgehead atoms. The van der Waals surface area contributed by atoms with E-state index >= 15 is 0 Å². The molecule has 1 atom stereocenters. The first kappa shape index (κ1) is 14.0. The zero-order valence-corrected chi connectivity index (χ0v) is 13.2. The Morgan fingerprint density at radius 3 is 2.68 bits per heavy atom. The van der Waals surface area contributed by atoms with Crippen LogP contribution >= 0.6 is 0 Å². The van der Waals surface area contributed by atoms with Gasteiger partial charge < -0.3 is 21.3 Å². The van der Waals surface area contributed by atoms with E-state index in [1.54, 1.807) is 0 Å². The van der Waals surface area contributed by atoms with Crippen LogP contribution in [0.25, 0.3) is 0 Å². The predicted molar refractivity (Wildman–Crippen MR) is 86.8 cm³/mol. The fourth-order valence-corrected chi connectivity index (χ4v) is 3.62. The normalized spacial score (nSPS) is 26.2. The number of anilines is 3. The minimum absolute atomic E-state index is 0.302. The topological polar surface area (TPSA) is 92.0 Å². The van der Waals surface area contributed by atoms with E-state index in [1.165, 1.54) is 25.7 Å². The first-order chi connectivity index (χ1) is 10.7. The molecule has 4 rings (SSSR count). The molecule has 3 aliphatic rings. The van der Waals surface area contributed by atoms with Gasteiger partial charge >= 0.3 is 0 Å². The van der Waals surface area contributed by atoms with Crippen molar-refractivity contribution >= 4 is 17.8 Å². The highest BCUT2D eigenvalue weighted by molar-refractivity contribution is 5.43. The van der Waals surface area contributed by atoms with Crippen molar-refractivity contribution in [3.63, 3.8) is 0 Å². The van der Waals surface area contributed by atoms with E-state index in [0.717, 1.165) is 32.0 Å². The second-order valence-corrected chi connectivity index (χ2v) is 7.03. The third-order valence-corrected chi connectivity index (χ3v) is 5.45. The van der Waals surface area contributed by atoms with Gasteiger partial charge in [0.15, 0.2) is 0 Å². The molecule has 0 unspecified atom stereocenters. The van der Waals surface area contributed by atoms with Crippen molar-refractivity contribution in [3.05, 3.63) is 0 Å². The molecule has 0 radical (unpaired) electrons. The van der Waals surface area contributed by atoms with Gasteiger partial charge in [0.25, 0.3) is 0 Å². The van der Waals surface area contributed by atoms with Gasteiger partial charge in [-0.3, -0.25) is 0 Å². The second kappa shape index (κ2) is 5.22. The van der Waals surface area contributed by atoms with Gasteiger partial charge in [-0.15, -0.1) is 0 Å². The molecule has 2 aliphatic carbocycles. The molecule has 2 heterocycles. The molecule has 1 aromatic heterocycles. The molecule has 0 aromatic carbocycles. The van der Waals surface area contributed by atoms with Crippen LogP contribution in [0.2, 0.25) is 0 Å². The lowest BCUT2D eigenvalue weighted by molar-refractivity contribution is 0.465. The van der Waals surface area contributed by atoms with Crippen LogP contribution in [0.15, 0.2) is 0 Å². The van der Waals surface area contributed by atoms with Crippen molar-refractivity contribution in [2.45, 2.75) is 38.1 Å². The number of nitrogens with zero attached hydrogens (tertiary/aromatic N) is 4. The molecule has 1 aliphatic heterocycles. The molecule has 7 heteroatoms. The number of nitrogens with one attached hydrogen (secondary N) is 2. The molecule has 120 valence electrons. The summed E-state index contributed by atoms with van der Waals surface area (Å²) in [5.74, 6) is 2.55. The van der Waals surface area contributed by atoms with Crippen LogP contribution < -0.4 is 21.3 Å². The highest BCUT2D eigenvalue weighted by Crippen LogP contribution is 2.61. The summed E-state index contributed by atoms with van der Waals surface area (Å²) in [4.78, 5) is 15.3. The summed E-state index contributed by atoms with van der Waals surface area (Å²) >= 11 is 0. The summed E-state index contributed by atoms with van der Waals surface area (Å²) < 4.78 is 0. The van der Waals surface area contributed by atoms with Crippen LogP contribution in [0.3, 0.4) is 0 Å². The number of rotatable bonds is 6. The maximum atomic E-state index is 5.88. The fourth-order valence-electron chi connectivity index (χ4n) is 3.62. The molecule has 3 fully saturated rings. The van der Waals surface area contributed by atoms with Crippen LogP contribution in [0.5, 0.6) is 0 Å². The van der Waals surface area contributed by atoms with Crippen molar-refractivity contribution in [3.8, 4) is 0 Å². The standard InChI is InChI=1S/C15H25N7/c1-17-11-4-7-22(8-11)14-20-12(16)19-13(21-14)18-9-15(5-6-15)10-2-3-10/h10-11,17H,2-9H2,1H3,(H3,16,18,19,20,21)/t11-/m1/s1. The second-order valence-electron chi connectivity index (χ2n) is 7.03. The van der Waals surface area contributed by atoms with E-state index in [4.69, 9.17) is 5.73 Å². The average molecular weight is 303 g/mol. The summed E-state index contributed by atoms with van der Waals surface area (Å²) in [5.41, 5.74) is 6.40. The number of hydrogen-bond acceptors (Lipinski definition) is 7. The van der Waals surface area contributed by atoms with Crippen LogP contribution in [-0.4, -0.2) is 47.7 Å². The SMILES string of the molecule is CN[C@@H]1CCN(c2nc(N)nc(NCC3(C4CC4)CC3)n2)C1. The van der Waals surface area contributed by atoms with Gasteiger partial charge in [0.05, 0.1) is 0 Å². The molecule has 7 nitrogen and oxygen atoms in total. The molecule has 2 saturated carbocycles. The maximum absolute atomic E-state index is 5.88. The number of hydrogen-bond donors (Lipinski definition) is 3. The highest BCUT2D eigenvalue weighted by atomic mass is 15.3. The van der Waals surface area contributed by atoms with Crippen molar-refractivity contribution in [1.29, 1.82) is 0 Å². The Morgan fingerprint density at radius 1 is 1.23 bits per heavy atom. The number of nitrogen functional groups attached to an aromatic ring is 1. The lowest BCUT2D eigenvalue weighted by Crippen LogP contribution is -2.30. The van der Waals surface area contributed by atoms with Crippen molar-refractivity contribution in [2.24, 2.45) is 11.3 Å². The van der Waals surface area contributed by atoms with Gasteiger partial charge in [0.1, 0.15) is 0 Å². The summed E-state index contributed by atoms with van der Waals surface area (Å²) in [6.45, 7) is 2.85. The minimum Gasteiger partial charge on any atom is -0.368 e. The minimum atomic E-state index is 0.302. The van der Waals surface area contributed by atoms with E-state index in [9.17, 15) is 0 Å². The van der Waals surface area contributed by atoms with Crippen LogP contribution in [0, 0.1) is 11.3 Å². The van der Waals surface area contributed by atoms with Crippen molar-refractivity contribution in [2.75, 3.05) is 42.6 Å². The Kier molecular flexibility index (Phi) is 3.32. The predicted octanol–water partition coefficient (Wildman–Crippen LogP) is 0.854. The molecule has 1 aromatic rings. The first-order valence-corrected chi connectivity index (χ1v) is 8.36. The number of likely N-dealkylation sites (N-methyl/N-ethyl adjacent to an activating group) is 1. The van der Waals surface area contributed by atoms with Crippen LogP contribution in [0.1, 0.15) is 32.1 Å². The third kappa shape index (κ3) is 2.69. The molecule has 0 amide bonds. The van der Waals surface area contributed by atoms with E-state index in [2.05, 4.69) is 30.5 Å². The smallest absolute Gasteiger partial charge is 0.232 e. The Labute approximate surface area is 131 Å². The van der Waals surface area contributed by atoms with Crippen LogP contribution in [-0.2, 0) is 0 Å². The van der Waals surface area contributed by atoms with Gasteiger partial charge in [-0.1, -0.05) is 0 Å². The number of nitrogens with two attached hydrogens (primary N) is 1. The lowest BCUT2D eigenvalue weighted by atomic mass is 10.0. The quantitative estimate of drug-likeness (QED) is 0.717. The lowest BCUT2D eigenvalue weighted by Gasteiger charge is -2.18. The highest BCUT2D eigenvalue weighted by Gasteiger charge is 2.53. The van der Waals surface area contributed by atoms with E-state index in [0.29, 0.717) is 29.3 Å². The van der Waals surface area contributed by atoms with E-state index in [-0.39, 0.29) is 0 Å². The maximum Gasteiger partial charge on any atom is 0.232 e. The van der Waals surface area contributed by atoms with E-state index in [1.807, 2.05) is 7.05 Å². The zero-order chi connectivity index (χ0) is 15.2. The summed E-state index contributed by atoms with van der Waals surface area (Å²) in [6, 6.07) is 0.499. The molecule has 4 N–H and O–H groups in total. The number of aromatic nitrogens is 3. The average Bonchev–Trinajstić information content (AvgIpc) is 3.42. The Bertz CT molecular complexity index is 553.